The van der Waals surface area contributed by atoms with Gasteiger partial charge in [0.15, 0.2) is 0 Å². The average molecular weight is 286 g/mol. The van der Waals surface area contributed by atoms with Gasteiger partial charge in [-0.2, -0.15) is 5.10 Å². The summed E-state index contributed by atoms with van der Waals surface area (Å²) in [5, 5.41) is 4.34. The highest BCUT2D eigenvalue weighted by molar-refractivity contribution is 5.94. The number of nitrogens with one attached hydrogen (secondary N) is 1. The van der Waals surface area contributed by atoms with Gasteiger partial charge in [0.2, 0.25) is 0 Å². The Balaban J connectivity index is 2.62. The van der Waals surface area contributed by atoms with Crippen LogP contribution in [-0.2, 0) is 6.54 Å². The van der Waals surface area contributed by atoms with Crippen LogP contribution in [-0.4, -0.2) is 15.7 Å². The van der Waals surface area contributed by atoms with E-state index >= 15 is 0 Å². The lowest BCUT2D eigenvalue weighted by Crippen LogP contribution is -2.38. The Hall–Kier alpha value is -2.47. The number of carbonyl (C=O) groups excluding carboxylic acids is 1. The number of aromatic nitrogens is 2. The highest BCUT2D eigenvalue weighted by atomic mass is 16.2. The molecule has 0 saturated carbocycles. The molecular weight excluding hydrogens is 268 g/mol. The van der Waals surface area contributed by atoms with E-state index in [1.165, 1.54) is 10.7 Å². The summed E-state index contributed by atoms with van der Waals surface area (Å²) < 4.78 is 1.32. The van der Waals surface area contributed by atoms with E-state index in [0.717, 1.165) is 5.56 Å². The van der Waals surface area contributed by atoms with Crippen molar-refractivity contribution in [1.29, 1.82) is 0 Å². The molecular formula is C15H18N4O2. The van der Waals surface area contributed by atoms with Gasteiger partial charge in [0, 0.05) is 12.1 Å². The first-order valence-corrected chi connectivity index (χ1v) is 6.71. The van der Waals surface area contributed by atoms with Crippen molar-refractivity contribution in [3.63, 3.8) is 0 Å². The van der Waals surface area contributed by atoms with E-state index in [0.29, 0.717) is 12.2 Å². The summed E-state index contributed by atoms with van der Waals surface area (Å²) in [5.41, 5.74) is 2.95. The molecule has 0 aliphatic carbocycles. The molecule has 0 unspecified atom stereocenters. The van der Waals surface area contributed by atoms with Crippen molar-refractivity contribution in [2.45, 2.75) is 20.4 Å². The Kier molecular flexibility index (Phi) is 4.49. The van der Waals surface area contributed by atoms with Gasteiger partial charge in [0.1, 0.15) is 5.56 Å². The second-order valence-electron chi connectivity index (χ2n) is 5.16. The van der Waals surface area contributed by atoms with Gasteiger partial charge in [-0.05, 0) is 12.0 Å². The summed E-state index contributed by atoms with van der Waals surface area (Å²) in [6.07, 6.45) is 0. The van der Waals surface area contributed by atoms with Crippen LogP contribution in [0.3, 0.4) is 0 Å². The first-order valence-electron chi connectivity index (χ1n) is 6.71. The summed E-state index contributed by atoms with van der Waals surface area (Å²) >= 11 is 0. The van der Waals surface area contributed by atoms with Crippen LogP contribution in [0, 0.1) is 5.92 Å². The molecule has 0 saturated heterocycles. The number of hydrogen-bond acceptors (Lipinski definition) is 4. The number of carbonyl (C=O) groups is 1. The fourth-order valence-corrected chi connectivity index (χ4v) is 2.00. The number of nitrogen functional groups attached to an aromatic ring is 1. The van der Waals surface area contributed by atoms with Gasteiger partial charge in [-0.1, -0.05) is 44.2 Å². The number of hydrogen-bond donors (Lipinski definition) is 2. The second kappa shape index (κ2) is 6.32. The zero-order valence-corrected chi connectivity index (χ0v) is 12.0. The molecule has 2 rings (SSSR count). The Morgan fingerprint density at radius 3 is 2.57 bits per heavy atom. The van der Waals surface area contributed by atoms with Crippen LogP contribution < -0.4 is 16.8 Å². The molecule has 1 aromatic heterocycles. The molecule has 1 amide bonds. The number of nitrogens with two attached hydrogens (primary N) is 1. The third-order valence-corrected chi connectivity index (χ3v) is 2.96. The Morgan fingerprint density at radius 1 is 1.33 bits per heavy atom. The third-order valence-electron chi connectivity index (χ3n) is 2.96. The van der Waals surface area contributed by atoms with Crippen LogP contribution in [0.1, 0.15) is 24.2 Å². The fraction of sp³-hybridized carbons (Fsp3) is 0.267. The molecule has 1 heterocycles. The number of rotatable bonds is 4. The minimum absolute atomic E-state index is 0.00740. The smallest absolute Gasteiger partial charge is 0.279 e. The Bertz CT molecular complexity index is 693. The second-order valence-corrected chi connectivity index (χ2v) is 5.16. The Morgan fingerprint density at radius 2 is 2.00 bits per heavy atom. The summed E-state index contributed by atoms with van der Waals surface area (Å²) in [6.45, 7) is 4.39. The maximum atomic E-state index is 12.3. The SMILES string of the molecule is CC(C)Cn1nc(-c2ccccc2)cc(C(=O)NN)c1=O. The lowest BCUT2D eigenvalue weighted by Gasteiger charge is -2.11. The van der Waals surface area contributed by atoms with Gasteiger partial charge >= 0.3 is 0 Å². The van der Waals surface area contributed by atoms with Crippen LogP contribution in [0.5, 0.6) is 0 Å². The van der Waals surface area contributed by atoms with Crippen LogP contribution >= 0.6 is 0 Å². The van der Waals surface area contributed by atoms with Gasteiger partial charge in [-0.3, -0.25) is 15.0 Å². The van der Waals surface area contributed by atoms with Crippen molar-refractivity contribution < 1.29 is 4.79 Å². The molecule has 6 nitrogen and oxygen atoms in total. The summed E-state index contributed by atoms with van der Waals surface area (Å²) in [7, 11) is 0. The topological polar surface area (TPSA) is 90.0 Å². The van der Waals surface area contributed by atoms with Crippen LogP contribution in [0.2, 0.25) is 0 Å². The zero-order chi connectivity index (χ0) is 15.4. The summed E-state index contributed by atoms with van der Waals surface area (Å²) in [6, 6.07) is 10.8. The van der Waals surface area contributed by atoms with Gasteiger partial charge in [-0.25, -0.2) is 10.5 Å². The van der Waals surface area contributed by atoms with E-state index in [-0.39, 0.29) is 11.5 Å². The monoisotopic (exact) mass is 286 g/mol. The van der Waals surface area contributed by atoms with E-state index in [4.69, 9.17) is 5.84 Å². The highest BCUT2D eigenvalue weighted by Gasteiger charge is 2.16. The maximum Gasteiger partial charge on any atom is 0.279 e. The van der Waals surface area contributed by atoms with Crippen LogP contribution in [0.25, 0.3) is 11.3 Å². The van der Waals surface area contributed by atoms with Crippen LogP contribution in [0.4, 0.5) is 0 Å². The normalized spacial score (nSPS) is 10.7. The molecule has 0 fully saturated rings. The van der Waals surface area contributed by atoms with Crippen molar-refractivity contribution in [2.24, 2.45) is 11.8 Å². The van der Waals surface area contributed by atoms with Crippen LogP contribution in [0.15, 0.2) is 41.2 Å². The van der Waals surface area contributed by atoms with Gasteiger partial charge in [-0.15, -0.1) is 0 Å². The molecule has 0 radical (unpaired) electrons. The van der Waals surface area contributed by atoms with E-state index in [2.05, 4.69) is 5.10 Å². The first kappa shape index (κ1) is 14.9. The van der Waals surface area contributed by atoms with Crippen molar-refractivity contribution in [1.82, 2.24) is 15.2 Å². The third kappa shape index (κ3) is 3.35. The minimum atomic E-state index is -0.614. The van der Waals surface area contributed by atoms with Crippen molar-refractivity contribution in [3.05, 3.63) is 52.3 Å². The number of amides is 1. The molecule has 0 aliphatic heterocycles. The maximum absolute atomic E-state index is 12.3. The molecule has 0 bridgehead atoms. The molecule has 6 heteroatoms. The highest BCUT2D eigenvalue weighted by Crippen LogP contribution is 2.16. The number of nitrogens with zero attached hydrogens (tertiary/aromatic N) is 2. The molecule has 2 aromatic rings. The standard InChI is InChI=1S/C15H18N4O2/c1-10(2)9-19-15(21)12(14(20)17-16)8-13(18-19)11-6-4-3-5-7-11/h3-8,10H,9,16H2,1-2H3,(H,17,20). The van der Waals surface area contributed by atoms with Crippen molar-refractivity contribution in [2.75, 3.05) is 0 Å². The van der Waals surface area contributed by atoms with E-state index in [9.17, 15) is 9.59 Å². The first-order chi connectivity index (χ1) is 10.0. The van der Waals surface area contributed by atoms with E-state index in [1.807, 2.05) is 49.6 Å². The molecule has 1 aromatic carbocycles. The molecule has 0 aliphatic rings. The average Bonchev–Trinajstić information content (AvgIpc) is 2.49. The molecule has 0 atom stereocenters. The minimum Gasteiger partial charge on any atom is -0.290 e. The quantitative estimate of drug-likeness (QED) is 0.501. The van der Waals surface area contributed by atoms with Gasteiger partial charge in [0.05, 0.1) is 5.69 Å². The van der Waals surface area contributed by atoms with Gasteiger partial charge in [0.25, 0.3) is 11.5 Å². The predicted octanol–water partition coefficient (Wildman–Crippen LogP) is 1.17. The number of benzene rings is 1. The lowest BCUT2D eigenvalue weighted by atomic mass is 10.1. The molecule has 110 valence electrons. The summed E-state index contributed by atoms with van der Waals surface area (Å²) in [5.74, 6) is 4.76. The van der Waals surface area contributed by atoms with Gasteiger partial charge < -0.3 is 0 Å². The summed E-state index contributed by atoms with van der Waals surface area (Å²) in [4.78, 5) is 24.1. The molecule has 21 heavy (non-hydrogen) atoms. The van der Waals surface area contributed by atoms with Crippen molar-refractivity contribution >= 4 is 5.91 Å². The number of hydrazine groups is 1. The van der Waals surface area contributed by atoms with E-state index < -0.39 is 11.5 Å². The lowest BCUT2D eigenvalue weighted by molar-refractivity contribution is 0.0951. The molecule has 3 N–H and O–H groups in total. The van der Waals surface area contributed by atoms with Crippen molar-refractivity contribution in [3.8, 4) is 11.3 Å². The fourth-order valence-electron chi connectivity index (χ4n) is 2.00. The Labute approximate surface area is 122 Å². The largest absolute Gasteiger partial charge is 0.290 e. The zero-order valence-electron chi connectivity index (χ0n) is 12.0. The molecule has 0 spiro atoms. The predicted molar refractivity (Wildman–Crippen MR) is 80.4 cm³/mol. The van der Waals surface area contributed by atoms with E-state index in [1.54, 1.807) is 0 Å².